The van der Waals surface area contributed by atoms with Crippen molar-refractivity contribution in [2.75, 3.05) is 10.6 Å². The molecular formula is C24H27IN4O. The summed E-state index contributed by atoms with van der Waals surface area (Å²) in [6.07, 6.45) is 0. The fraction of sp³-hybridized carbons (Fsp3) is 0.167. The third-order valence-electron chi connectivity index (χ3n) is 4.28. The first-order valence-electron chi connectivity index (χ1n) is 9.61. The van der Waals surface area contributed by atoms with Gasteiger partial charge in [-0.1, -0.05) is 60.2 Å². The number of carbonyl (C=O) groups is 1. The number of carbonyl (C=O) groups excluding carboxylic acids is 1. The van der Waals surface area contributed by atoms with Gasteiger partial charge in [0.05, 0.1) is 6.54 Å². The molecule has 156 valence electrons. The number of nitrogens with one attached hydrogen (secondary N) is 3. The van der Waals surface area contributed by atoms with Crippen molar-refractivity contribution in [2.24, 2.45) is 4.99 Å². The van der Waals surface area contributed by atoms with Gasteiger partial charge in [-0.25, -0.2) is 4.99 Å². The summed E-state index contributed by atoms with van der Waals surface area (Å²) in [6.45, 7) is 4.74. The van der Waals surface area contributed by atoms with Gasteiger partial charge in [0.2, 0.25) is 5.91 Å². The molecule has 0 heterocycles. The quantitative estimate of drug-likeness (QED) is 0.237. The largest absolute Gasteiger partial charge is 0.352 e. The standard InChI is InChI=1S/C24H26N4O.HI/c1-18-11-13-20(14-12-18)16-25-24(28-22-8-4-3-5-9-22)26-17-21-7-6-10-23(15-21)27-19(2)29;/h3-15H,16-17H2,1-2H3,(H,27,29)(H2,25,26,28);1H. The Kier molecular flexibility index (Phi) is 9.34. The number of aryl methyl sites for hydroxylation is 1. The summed E-state index contributed by atoms with van der Waals surface area (Å²) in [7, 11) is 0. The molecule has 0 radical (unpaired) electrons. The summed E-state index contributed by atoms with van der Waals surface area (Å²) in [6, 6.07) is 26.1. The summed E-state index contributed by atoms with van der Waals surface area (Å²) in [5, 5.41) is 9.54. The zero-order valence-electron chi connectivity index (χ0n) is 17.2. The minimum absolute atomic E-state index is 0. The summed E-state index contributed by atoms with van der Waals surface area (Å²) >= 11 is 0. The van der Waals surface area contributed by atoms with Crippen molar-refractivity contribution < 1.29 is 4.79 Å². The van der Waals surface area contributed by atoms with Crippen LogP contribution < -0.4 is 16.0 Å². The average molecular weight is 514 g/mol. The van der Waals surface area contributed by atoms with E-state index in [1.807, 2.05) is 54.6 Å². The molecule has 1 amide bonds. The molecule has 3 N–H and O–H groups in total. The van der Waals surface area contributed by atoms with Crippen molar-refractivity contribution in [3.05, 3.63) is 95.6 Å². The van der Waals surface area contributed by atoms with Gasteiger partial charge in [0.15, 0.2) is 5.96 Å². The Morgan fingerprint density at radius 1 is 0.833 bits per heavy atom. The second-order valence-corrected chi connectivity index (χ2v) is 6.88. The second-order valence-electron chi connectivity index (χ2n) is 6.88. The molecule has 30 heavy (non-hydrogen) atoms. The van der Waals surface area contributed by atoms with Crippen LogP contribution >= 0.6 is 24.0 Å². The van der Waals surface area contributed by atoms with Crippen LogP contribution in [0.15, 0.2) is 83.9 Å². The first-order valence-corrected chi connectivity index (χ1v) is 9.61. The van der Waals surface area contributed by atoms with Crippen LogP contribution in [0.1, 0.15) is 23.6 Å². The lowest BCUT2D eigenvalue weighted by Gasteiger charge is -2.13. The number of hydrogen-bond acceptors (Lipinski definition) is 2. The molecule has 0 atom stereocenters. The number of rotatable bonds is 6. The van der Waals surface area contributed by atoms with Crippen LogP contribution in [0.3, 0.4) is 0 Å². The Hall–Kier alpha value is -2.87. The molecule has 0 saturated heterocycles. The molecule has 0 bridgehead atoms. The molecule has 3 aromatic carbocycles. The Morgan fingerprint density at radius 2 is 1.53 bits per heavy atom. The van der Waals surface area contributed by atoms with E-state index in [-0.39, 0.29) is 29.9 Å². The Balaban J connectivity index is 0.00000320. The zero-order valence-corrected chi connectivity index (χ0v) is 19.5. The van der Waals surface area contributed by atoms with Crippen LogP contribution in [0.5, 0.6) is 0 Å². The van der Waals surface area contributed by atoms with Gasteiger partial charge >= 0.3 is 0 Å². The fourth-order valence-corrected chi connectivity index (χ4v) is 2.81. The Morgan fingerprint density at radius 3 is 2.23 bits per heavy atom. The molecular weight excluding hydrogens is 487 g/mol. The number of benzene rings is 3. The molecule has 0 spiro atoms. The molecule has 0 aliphatic rings. The van der Waals surface area contributed by atoms with Crippen molar-refractivity contribution in [3.8, 4) is 0 Å². The highest BCUT2D eigenvalue weighted by molar-refractivity contribution is 14.0. The fourth-order valence-electron chi connectivity index (χ4n) is 2.81. The van der Waals surface area contributed by atoms with Crippen molar-refractivity contribution in [1.29, 1.82) is 0 Å². The van der Waals surface area contributed by atoms with E-state index in [4.69, 9.17) is 4.99 Å². The second kappa shape index (κ2) is 12.0. The number of guanidine groups is 1. The highest BCUT2D eigenvalue weighted by Crippen LogP contribution is 2.12. The zero-order chi connectivity index (χ0) is 20.5. The minimum atomic E-state index is -0.0863. The summed E-state index contributed by atoms with van der Waals surface area (Å²) < 4.78 is 0. The molecule has 0 aliphatic heterocycles. The maximum absolute atomic E-state index is 11.3. The third kappa shape index (κ3) is 7.87. The van der Waals surface area contributed by atoms with E-state index < -0.39 is 0 Å². The van der Waals surface area contributed by atoms with Gasteiger partial charge in [-0.05, 0) is 42.3 Å². The first kappa shape index (κ1) is 23.4. The van der Waals surface area contributed by atoms with E-state index in [1.54, 1.807) is 0 Å². The molecule has 0 unspecified atom stereocenters. The predicted molar refractivity (Wildman–Crippen MR) is 135 cm³/mol. The lowest BCUT2D eigenvalue weighted by atomic mass is 10.1. The van der Waals surface area contributed by atoms with Crippen LogP contribution in [0, 0.1) is 6.92 Å². The van der Waals surface area contributed by atoms with Crippen LogP contribution in [0.2, 0.25) is 0 Å². The maximum atomic E-state index is 11.3. The lowest BCUT2D eigenvalue weighted by Crippen LogP contribution is -2.30. The van der Waals surface area contributed by atoms with Crippen LogP contribution in [0.4, 0.5) is 11.4 Å². The number of nitrogens with zero attached hydrogens (tertiary/aromatic N) is 1. The van der Waals surface area contributed by atoms with E-state index in [0.717, 1.165) is 16.9 Å². The molecule has 0 aromatic heterocycles. The molecule has 6 heteroatoms. The number of halogens is 1. The number of hydrogen-bond donors (Lipinski definition) is 3. The van der Waals surface area contributed by atoms with E-state index in [9.17, 15) is 4.79 Å². The predicted octanol–water partition coefficient (Wildman–Crippen LogP) is 5.33. The summed E-state index contributed by atoms with van der Waals surface area (Å²) in [5.74, 6) is 0.610. The Labute approximate surface area is 195 Å². The van der Waals surface area contributed by atoms with Crippen molar-refractivity contribution in [1.82, 2.24) is 5.32 Å². The average Bonchev–Trinajstić information content (AvgIpc) is 2.72. The maximum Gasteiger partial charge on any atom is 0.221 e. The van der Waals surface area contributed by atoms with Gasteiger partial charge in [-0.15, -0.1) is 24.0 Å². The number of aliphatic imine (C=N–C) groups is 1. The molecule has 5 nitrogen and oxygen atoms in total. The third-order valence-corrected chi connectivity index (χ3v) is 4.28. The van der Waals surface area contributed by atoms with Gasteiger partial charge < -0.3 is 16.0 Å². The SMILES string of the molecule is CC(=O)Nc1cccc(CN=C(NCc2ccc(C)cc2)Nc2ccccc2)c1.I. The topological polar surface area (TPSA) is 65.5 Å². The van der Waals surface area contributed by atoms with Gasteiger partial charge in [-0.3, -0.25) is 4.79 Å². The number of amides is 1. The molecule has 3 rings (SSSR count). The smallest absolute Gasteiger partial charge is 0.221 e. The molecule has 0 saturated carbocycles. The van der Waals surface area contributed by atoms with Crippen LogP contribution in [-0.4, -0.2) is 11.9 Å². The van der Waals surface area contributed by atoms with E-state index in [2.05, 4.69) is 47.1 Å². The van der Waals surface area contributed by atoms with Crippen LogP contribution in [0.25, 0.3) is 0 Å². The highest BCUT2D eigenvalue weighted by Gasteiger charge is 2.02. The van der Waals surface area contributed by atoms with Gasteiger partial charge in [0, 0.05) is 24.8 Å². The van der Waals surface area contributed by atoms with E-state index in [0.29, 0.717) is 19.0 Å². The van der Waals surface area contributed by atoms with E-state index >= 15 is 0 Å². The molecule has 3 aromatic rings. The van der Waals surface area contributed by atoms with Gasteiger partial charge in [0.25, 0.3) is 0 Å². The normalized spacial score (nSPS) is 10.7. The first-order chi connectivity index (χ1) is 14.1. The van der Waals surface area contributed by atoms with E-state index in [1.165, 1.54) is 18.1 Å². The minimum Gasteiger partial charge on any atom is -0.352 e. The Bertz CT molecular complexity index is 972. The highest BCUT2D eigenvalue weighted by atomic mass is 127. The molecule has 0 fully saturated rings. The van der Waals surface area contributed by atoms with Crippen molar-refractivity contribution in [3.63, 3.8) is 0 Å². The van der Waals surface area contributed by atoms with Crippen molar-refractivity contribution >= 4 is 47.2 Å². The summed E-state index contributed by atoms with van der Waals surface area (Å²) in [5.41, 5.74) is 5.18. The number of anilines is 2. The monoisotopic (exact) mass is 514 g/mol. The van der Waals surface area contributed by atoms with Crippen molar-refractivity contribution in [2.45, 2.75) is 26.9 Å². The molecule has 0 aliphatic carbocycles. The van der Waals surface area contributed by atoms with Gasteiger partial charge in [0.1, 0.15) is 0 Å². The number of para-hydroxylation sites is 1. The van der Waals surface area contributed by atoms with Gasteiger partial charge in [-0.2, -0.15) is 0 Å². The lowest BCUT2D eigenvalue weighted by molar-refractivity contribution is -0.114. The van der Waals surface area contributed by atoms with Crippen LogP contribution in [-0.2, 0) is 17.9 Å². The summed E-state index contributed by atoms with van der Waals surface area (Å²) in [4.78, 5) is 16.0.